The summed E-state index contributed by atoms with van der Waals surface area (Å²) < 4.78 is 6.80. The Morgan fingerprint density at radius 1 is 1.16 bits per heavy atom. The number of fused-ring (bicyclic) bond motifs is 1. The van der Waals surface area contributed by atoms with Gasteiger partial charge in [-0.2, -0.15) is 4.98 Å². The van der Waals surface area contributed by atoms with Crippen LogP contribution in [0.4, 0.5) is 10.8 Å². The zero-order valence-electron chi connectivity index (χ0n) is 17.5. The molecule has 0 atom stereocenters. The second-order valence-corrected chi connectivity index (χ2v) is 7.84. The molecule has 1 aromatic carbocycles. The number of carbonyl (C=O) groups is 2. The topological polar surface area (TPSA) is 103 Å². The first-order valence-corrected chi connectivity index (χ1v) is 10.4. The van der Waals surface area contributed by atoms with Crippen LogP contribution in [0.25, 0.3) is 5.78 Å². The molecule has 0 saturated heterocycles. The van der Waals surface area contributed by atoms with Gasteiger partial charge in [0.05, 0.1) is 11.4 Å². The molecule has 0 N–H and O–H groups in total. The van der Waals surface area contributed by atoms with Crippen molar-refractivity contribution in [2.75, 3.05) is 4.90 Å². The van der Waals surface area contributed by atoms with Crippen molar-refractivity contribution in [3.63, 3.8) is 0 Å². The fourth-order valence-corrected chi connectivity index (χ4v) is 3.91. The lowest BCUT2D eigenvalue weighted by Crippen LogP contribution is -2.23. The normalized spacial score (nSPS) is 11.0. The van der Waals surface area contributed by atoms with Gasteiger partial charge in [0.15, 0.2) is 5.13 Å². The second-order valence-electron chi connectivity index (χ2n) is 7.00. The summed E-state index contributed by atoms with van der Waals surface area (Å²) >= 11 is 1.31. The van der Waals surface area contributed by atoms with Gasteiger partial charge in [0.1, 0.15) is 6.61 Å². The van der Waals surface area contributed by atoms with Crippen molar-refractivity contribution < 1.29 is 14.3 Å². The van der Waals surface area contributed by atoms with E-state index in [-0.39, 0.29) is 18.3 Å². The summed E-state index contributed by atoms with van der Waals surface area (Å²) in [5, 5.41) is 6.40. The largest absolute Gasteiger partial charge is 0.453 e. The van der Waals surface area contributed by atoms with Crippen molar-refractivity contribution in [2.24, 2.45) is 0 Å². The van der Waals surface area contributed by atoms with E-state index in [1.807, 2.05) is 39.0 Å². The number of carbonyl (C=O) groups excluding carboxylic acids is 2. The van der Waals surface area contributed by atoms with Gasteiger partial charge in [-0.15, -0.1) is 16.4 Å². The van der Waals surface area contributed by atoms with E-state index in [0.29, 0.717) is 16.6 Å². The monoisotopic (exact) mass is 436 g/mol. The fourth-order valence-electron chi connectivity index (χ4n) is 3.05. The molecule has 0 radical (unpaired) electrons. The number of hydrogen-bond donors (Lipinski definition) is 0. The SMILES string of the molecule is CC(=O)N(c1nc(COC(=O)c2nc3nccc(C)n3n2)cs1)c1cccc(C)c1C. The van der Waals surface area contributed by atoms with Gasteiger partial charge in [-0.05, 0) is 44.0 Å². The number of amides is 1. The zero-order chi connectivity index (χ0) is 22.1. The quantitative estimate of drug-likeness (QED) is 0.441. The van der Waals surface area contributed by atoms with E-state index in [0.717, 1.165) is 22.5 Å². The fraction of sp³-hybridized carbons (Fsp3) is 0.238. The van der Waals surface area contributed by atoms with Gasteiger partial charge in [-0.3, -0.25) is 9.69 Å². The van der Waals surface area contributed by atoms with E-state index in [2.05, 4.69) is 20.1 Å². The number of rotatable bonds is 5. The molecule has 0 saturated carbocycles. The number of aromatic nitrogens is 5. The predicted octanol–water partition coefficient (Wildman–Crippen LogP) is 3.55. The lowest BCUT2D eigenvalue weighted by molar-refractivity contribution is -0.115. The van der Waals surface area contributed by atoms with Gasteiger partial charge in [-0.1, -0.05) is 12.1 Å². The van der Waals surface area contributed by atoms with E-state index >= 15 is 0 Å². The van der Waals surface area contributed by atoms with Crippen LogP contribution >= 0.6 is 11.3 Å². The Morgan fingerprint density at radius 3 is 2.71 bits per heavy atom. The van der Waals surface area contributed by atoms with E-state index in [1.54, 1.807) is 22.5 Å². The number of benzene rings is 1. The summed E-state index contributed by atoms with van der Waals surface area (Å²) in [7, 11) is 0. The van der Waals surface area contributed by atoms with Crippen LogP contribution in [0.15, 0.2) is 35.8 Å². The van der Waals surface area contributed by atoms with E-state index in [1.165, 1.54) is 22.8 Å². The lowest BCUT2D eigenvalue weighted by atomic mass is 10.1. The maximum absolute atomic E-state index is 12.4. The van der Waals surface area contributed by atoms with E-state index < -0.39 is 5.97 Å². The molecule has 4 rings (SSSR count). The molecule has 0 bridgehead atoms. The number of esters is 1. The van der Waals surface area contributed by atoms with Crippen LogP contribution in [-0.4, -0.2) is 36.4 Å². The Kier molecular flexibility index (Phi) is 5.47. The standard InChI is InChI=1S/C21H20N6O3S/c1-12-6-5-7-17(14(12)3)26(15(4)28)21-23-16(11-31-21)10-30-19(29)18-24-20-22-9-8-13(2)27(20)25-18/h5-9,11H,10H2,1-4H3. The minimum atomic E-state index is -0.669. The van der Waals surface area contributed by atoms with Crippen LogP contribution in [0.3, 0.4) is 0 Å². The summed E-state index contributed by atoms with van der Waals surface area (Å²) in [5.74, 6) is -0.563. The number of aryl methyl sites for hydroxylation is 2. The van der Waals surface area contributed by atoms with Gasteiger partial charge in [-0.25, -0.2) is 19.3 Å². The number of hydrogen-bond acceptors (Lipinski definition) is 8. The van der Waals surface area contributed by atoms with Crippen molar-refractivity contribution in [3.05, 3.63) is 64.2 Å². The molecule has 158 valence electrons. The van der Waals surface area contributed by atoms with Crippen LogP contribution in [0, 0.1) is 20.8 Å². The molecule has 31 heavy (non-hydrogen) atoms. The highest BCUT2D eigenvalue weighted by Crippen LogP contribution is 2.32. The molecule has 0 fully saturated rings. The van der Waals surface area contributed by atoms with Crippen LogP contribution in [0.2, 0.25) is 0 Å². The Bertz CT molecular complexity index is 1300. The van der Waals surface area contributed by atoms with Crippen molar-refractivity contribution in [1.29, 1.82) is 0 Å². The summed E-state index contributed by atoms with van der Waals surface area (Å²) in [6.07, 6.45) is 1.60. The summed E-state index contributed by atoms with van der Waals surface area (Å²) in [6, 6.07) is 7.55. The molecule has 9 nitrogen and oxygen atoms in total. The average molecular weight is 436 g/mol. The van der Waals surface area contributed by atoms with E-state index in [9.17, 15) is 9.59 Å². The molecule has 3 heterocycles. The molecular weight excluding hydrogens is 416 g/mol. The highest BCUT2D eigenvalue weighted by molar-refractivity contribution is 7.14. The highest BCUT2D eigenvalue weighted by atomic mass is 32.1. The third kappa shape index (κ3) is 4.02. The minimum absolute atomic E-state index is 0.0597. The first-order valence-electron chi connectivity index (χ1n) is 9.52. The number of thiazole rings is 1. The third-order valence-electron chi connectivity index (χ3n) is 4.83. The number of ether oxygens (including phenoxy) is 1. The summed E-state index contributed by atoms with van der Waals surface area (Å²) in [6.45, 7) is 7.24. The second kappa shape index (κ2) is 8.23. The van der Waals surface area contributed by atoms with Gasteiger partial charge in [0, 0.05) is 24.2 Å². The average Bonchev–Trinajstić information content (AvgIpc) is 3.37. The smallest absolute Gasteiger partial charge is 0.378 e. The molecule has 0 aliphatic carbocycles. The Hall–Kier alpha value is -3.66. The molecule has 0 aliphatic rings. The first-order chi connectivity index (χ1) is 14.8. The van der Waals surface area contributed by atoms with Gasteiger partial charge in [0.2, 0.25) is 5.91 Å². The molecule has 10 heteroatoms. The van der Waals surface area contributed by atoms with Crippen LogP contribution < -0.4 is 4.90 Å². The van der Waals surface area contributed by atoms with Crippen molar-refractivity contribution in [2.45, 2.75) is 34.3 Å². The number of anilines is 2. The summed E-state index contributed by atoms with van der Waals surface area (Å²) in [5.41, 5.74) is 4.20. The van der Waals surface area contributed by atoms with Crippen LogP contribution in [0.5, 0.6) is 0 Å². The molecule has 0 spiro atoms. The Labute approximate surface area is 182 Å². The molecule has 4 aromatic rings. The lowest BCUT2D eigenvalue weighted by Gasteiger charge is -2.21. The Morgan fingerprint density at radius 2 is 1.97 bits per heavy atom. The maximum Gasteiger partial charge on any atom is 0.378 e. The third-order valence-corrected chi connectivity index (χ3v) is 5.70. The van der Waals surface area contributed by atoms with Gasteiger partial charge >= 0.3 is 5.97 Å². The molecule has 1 amide bonds. The molecule has 0 unspecified atom stereocenters. The minimum Gasteiger partial charge on any atom is -0.453 e. The molecule has 3 aromatic heterocycles. The van der Waals surface area contributed by atoms with Gasteiger partial charge in [0.25, 0.3) is 11.6 Å². The van der Waals surface area contributed by atoms with Crippen molar-refractivity contribution in [3.8, 4) is 0 Å². The van der Waals surface area contributed by atoms with Crippen LogP contribution in [-0.2, 0) is 16.1 Å². The highest BCUT2D eigenvalue weighted by Gasteiger charge is 2.21. The summed E-state index contributed by atoms with van der Waals surface area (Å²) in [4.78, 5) is 39.0. The first kappa shape index (κ1) is 20.6. The van der Waals surface area contributed by atoms with Crippen molar-refractivity contribution in [1.82, 2.24) is 24.6 Å². The molecular formula is C21H20N6O3S. The zero-order valence-corrected chi connectivity index (χ0v) is 18.3. The number of nitrogens with zero attached hydrogens (tertiary/aromatic N) is 6. The van der Waals surface area contributed by atoms with Crippen LogP contribution in [0.1, 0.15) is 40.1 Å². The Balaban J connectivity index is 1.51. The molecule has 0 aliphatic heterocycles. The predicted molar refractivity (Wildman–Crippen MR) is 115 cm³/mol. The van der Waals surface area contributed by atoms with E-state index in [4.69, 9.17) is 4.74 Å². The van der Waals surface area contributed by atoms with Crippen molar-refractivity contribution >= 4 is 39.8 Å². The van der Waals surface area contributed by atoms with Gasteiger partial charge < -0.3 is 4.74 Å². The maximum atomic E-state index is 12.4.